The molecule has 0 amide bonds. The highest BCUT2D eigenvalue weighted by Gasteiger charge is 2.11. The molecular formula is C20H21ClN4O. The Balaban J connectivity index is 1.37. The topological polar surface area (TPSA) is 54.2 Å². The van der Waals surface area contributed by atoms with E-state index in [1.807, 2.05) is 24.3 Å². The van der Waals surface area contributed by atoms with E-state index in [1.165, 1.54) is 24.9 Å². The molecule has 134 valence electrons. The Labute approximate surface area is 158 Å². The van der Waals surface area contributed by atoms with Crippen LogP contribution in [-0.4, -0.2) is 23.3 Å². The van der Waals surface area contributed by atoms with Crippen molar-refractivity contribution in [1.82, 2.24) is 10.2 Å². The number of hydrogen-bond acceptors (Lipinski definition) is 5. The van der Waals surface area contributed by atoms with Crippen LogP contribution in [-0.2, 0) is 6.54 Å². The number of rotatable bonds is 5. The van der Waals surface area contributed by atoms with Crippen LogP contribution in [0.5, 0.6) is 0 Å². The summed E-state index contributed by atoms with van der Waals surface area (Å²) < 4.78 is 5.71. The molecule has 0 unspecified atom stereocenters. The third-order valence-electron chi connectivity index (χ3n) is 4.57. The molecule has 0 spiro atoms. The van der Waals surface area contributed by atoms with Gasteiger partial charge in [0.05, 0.1) is 6.54 Å². The third kappa shape index (κ3) is 3.99. The fourth-order valence-corrected chi connectivity index (χ4v) is 3.37. The second-order valence-corrected chi connectivity index (χ2v) is 6.90. The van der Waals surface area contributed by atoms with Gasteiger partial charge in [0.1, 0.15) is 0 Å². The van der Waals surface area contributed by atoms with Crippen LogP contribution in [0.2, 0.25) is 5.02 Å². The summed E-state index contributed by atoms with van der Waals surface area (Å²) in [5.41, 5.74) is 3.15. The molecule has 3 aromatic rings. The minimum Gasteiger partial charge on any atom is -0.419 e. The highest BCUT2D eigenvalue weighted by atomic mass is 35.5. The van der Waals surface area contributed by atoms with E-state index >= 15 is 0 Å². The number of nitrogens with zero attached hydrogens (tertiary/aromatic N) is 3. The lowest BCUT2D eigenvalue weighted by atomic mass is 10.1. The highest BCUT2D eigenvalue weighted by Crippen LogP contribution is 2.23. The molecule has 1 aliphatic heterocycles. The van der Waals surface area contributed by atoms with Gasteiger partial charge in [0, 0.05) is 35.1 Å². The molecule has 1 fully saturated rings. The van der Waals surface area contributed by atoms with E-state index < -0.39 is 0 Å². The zero-order chi connectivity index (χ0) is 17.8. The Hall–Kier alpha value is -2.53. The van der Waals surface area contributed by atoms with Crippen molar-refractivity contribution in [3.8, 4) is 11.5 Å². The molecule has 1 aromatic heterocycles. The van der Waals surface area contributed by atoms with E-state index in [4.69, 9.17) is 16.0 Å². The van der Waals surface area contributed by atoms with Crippen molar-refractivity contribution in [1.29, 1.82) is 0 Å². The fraction of sp³-hybridized carbons (Fsp3) is 0.300. The molecule has 2 aromatic carbocycles. The van der Waals surface area contributed by atoms with E-state index in [1.54, 1.807) is 0 Å². The lowest BCUT2D eigenvalue weighted by molar-refractivity contribution is 0.515. The summed E-state index contributed by atoms with van der Waals surface area (Å²) in [5.74, 6) is 1.02. The third-order valence-corrected chi connectivity index (χ3v) is 4.81. The predicted octanol–water partition coefficient (Wildman–Crippen LogP) is 4.99. The normalized spacial score (nSPS) is 14.4. The van der Waals surface area contributed by atoms with Crippen LogP contribution < -0.4 is 10.2 Å². The maximum atomic E-state index is 6.01. The molecular weight excluding hydrogens is 348 g/mol. The van der Waals surface area contributed by atoms with Crippen molar-refractivity contribution >= 4 is 23.0 Å². The predicted molar refractivity (Wildman–Crippen MR) is 105 cm³/mol. The van der Waals surface area contributed by atoms with Crippen molar-refractivity contribution in [2.45, 2.75) is 25.8 Å². The quantitative estimate of drug-likeness (QED) is 0.687. The second kappa shape index (κ2) is 7.79. The number of nitrogens with one attached hydrogen (secondary N) is 1. The smallest absolute Gasteiger partial charge is 0.247 e. The van der Waals surface area contributed by atoms with Crippen LogP contribution in [0.4, 0.5) is 11.4 Å². The summed E-state index contributed by atoms with van der Waals surface area (Å²) in [4.78, 5) is 2.45. The van der Waals surface area contributed by atoms with Crippen LogP contribution >= 0.6 is 11.6 Å². The molecule has 0 aliphatic carbocycles. The van der Waals surface area contributed by atoms with Gasteiger partial charge in [-0.2, -0.15) is 0 Å². The Bertz CT molecular complexity index is 856. The van der Waals surface area contributed by atoms with Crippen molar-refractivity contribution in [3.05, 3.63) is 59.4 Å². The molecule has 0 radical (unpaired) electrons. The zero-order valence-corrected chi connectivity index (χ0v) is 15.2. The number of benzene rings is 2. The highest BCUT2D eigenvalue weighted by molar-refractivity contribution is 6.30. The van der Waals surface area contributed by atoms with Gasteiger partial charge >= 0.3 is 0 Å². The molecule has 1 aliphatic rings. The van der Waals surface area contributed by atoms with Crippen molar-refractivity contribution in [2.24, 2.45) is 0 Å². The maximum absolute atomic E-state index is 6.01. The van der Waals surface area contributed by atoms with Gasteiger partial charge < -0.3 is 14.6 Å². The van der Waals surface area contributed by atoms with Gasteiger partial charge in [-0.15, -0.1) is 10.2 Å². The summed E-state index contributed by atoms with van der Waals surface area (Å²) in [6.45, 7) is 2.79. The van der Waals surface area contributed by atoms with Crippen LogP contribution in [0.15, 0.2) is 52.9 Å². The largest absolute Gasteiger partial charge is 0.419 e. The van der Waals surface area contributed by atoms with Gasteiger partial charge in [0.2, 0.25) is 11.8 Å². The first kappa shape index (κ1) is 16.9. The van der Waals surface area contributed by atoms with Gasteiger partial charge in [-0.3, -0.25) is 0 Å². The van der Waals surface area contributed by atoms with E-state index in [0.717, 1.165) is 24.3 Å². The van der Waals surface area contributed by atoms with Crippen LogP contribution in [0.1, 0.15) is 25.2 Å². The van der Waals surface area contributed by atoms with E-state index in [-0.39, 0.29) is 0 Å². The average Bonchev–Trinajstić information content (AvgIpc) is 3.17. The van der Waals surface area contributed by atoms with E-state index in [9.17, 15) is 0 Å². The minimum atomic E-state index is 0.477. The zero-order valence-electron chi connectivity index (χ0n) is 14.5. The van der Waals surface area contributed by atoms with Crippen LogP contribution in [0.25, 0.3) is 11.5 Å². The van der Waals surface area contributed by atoms with Gasteiger partial charge in [0.25, 0.3) is 0 Å². The molecule has 6 heteroatoms. The Kier molecular flexibility index (Phi) is 5.07. The van der Waals surface area contributed by atoms with Crippen LogP contribution in [0.3, 0.4) is 0 Å². The molecule has 1 saturated heterocycles. The molecule has 1 N–H and O–H groups in total. The first-order chi connectivity index (χ1) is 12.8. The molecule has 2 heterocycles. The monoisotopic (exact) mass is 368 g/mol. The number of anilines is 2. The molecule has 5 nitrogen and oxygen atoms in total. The Morgan fingerprint density at radius 2 is 1.81 bits per heavy atom. The number of hydrogen-bond donors (Lipinski definition) is 1. The fourth-order valence-electron chi connectivity index (χ4n) is 3.18. The molecule has 0 atom stereocenters. The number of piperidine rings is 1. The first-order valence-corrected chi connectivity index (χ1v) is 9.33. The lowest BCUT2D eigenvalue weighted by Gasteiger charge is -2.28. The summed E-state index contributed by atoms with van der Waals surface area (Å²) in [6, 6.07) is 15.9. The van der Waals surface area contributed by atoms with Crippen LogP contribution in [0, 0.1) is 0 Å². The SMILES string of the molecule is Clc1cccc(-c2nnc(CNc3ccc(N4CCCCC4)cc3)o2)c1. The van der Waals surface area contributed by atoms with Crippen molar-refractivity contribution in [2.75, 3.05) is 23.3 Å². The van der Waals surface area contributed by atoms with Crippen molar-refractivity contribution < 1.29 is 4.42 Å². The lowest BCUT2D eigenvalue weighted by Crippen LogP contribution is -2.29. The summed E-state index contributed by atoms with van der Waals surface area (Å²) >= 11 is 6.01. The van der Waals surface area contributed by atoms with E-state index in [2.05, 4.69) is 44.7 Å². The summed E-state index contributed by atoms with van der Waals surface area (Å²) in [6.07, 6.45) is 3.91. The second-order valence-electron chi connectivity index (χ2n) is 6.46. The Morgan fingerprint density at radius 1 is 1.00 bits per heavy atom. The average molecular weight is 369 g/mol. The van der Waals surface area contributed by atoms with Gasteiger partial charge in [-0.25, -0.2) is 0 Å². The van der Waals surface area contributed by atoms with Gasteiger partial charge in [0.15, 0.2) is 0 Å². The molecule has 0 saturated carbocycles. The van der Waals surface area contributed by atoms with Gasteiger partial charge in [-0.05, 0) is 61.7 Å². The van der Waals surface area contributed by atoms with Crippen molar-refractivity contribution in [3.63, 3.8) is 0 Å². The number of halogens is 1. The summed E-state index contributed by atoms with van der Waals surface area (Å²) in [5, 5.41) is 12.2. The minimum absolute atomic E-state index is 0.477. The molecule has 26 heavy (non-hydrogen) atoms. The maximum Gasteiger partial charge on any atom is 0.247 e. The Morgan fingerprint density at radius 3 is 2.58 bits per heavy atom. The first-order valence-electron chi connectivity index (χ1n) is 8.95. The van der Waals surface area contributed by atoms with E-state index in [0.29, 0.717) is 23.3 Å². The molecule has 4 rings (SSSR count). The molecule has 0 bridgehead atoms. The van der Waals surface area contributed by atoms with Gasteiger partial charge in [-0.1, -0.05) is 17.7 Å². The summed E-state index contributed by atoms with van der Waals surface area (Å²) in [7, 11) is 0. The number of aromatic nitrogens is 2. The standard InChI is InChI=1S/C20H21ClN4O/c21-16-6-4-5-15(13-16)20-24-23-19(26-20)14-22-17-7-9-18(10-8-17)25-11-2-1-3-12-25/h4-10,13,22H,1-3,11-12,14H2.